The second kappa shape index (κ2) is 15.4. The zero-order valence-corrected chi connectivity index (χ0v) is 33.1. The van der Waals surface area contributed by atoms with E-state index in [4.69, 9.17) is 4.42 Å². The number of allylic oxidation sites excluding steroid dienone is 1. The predicted octanol–water partition coefficient (Wildman–Crippen LogP) is 16.1. The van der Waals surface area contributed by atoms with Crippen LogP contribution in [-0.4, -0.2) is 0 Å². The van der Waals surface area contributed by atoms with E-state index in [1.54, 1.807) is 0 Å². The van der Waals surface area contributed by atoms with Gasteiger partial charge in [0.25, 0.3) is 0 Å². The van der Waals surface area contributed by atoms with Gasteiger partial charge < -0.3 is 9.32 Å². The van der Waals surface area contributed by atoms with Gasteiger partial charge in [0.1, 0.15) is 11.2 Å². The van der Waals surface area contributed by atoms with Crippen molar-refractivity contribution in [3.63, 3.8) is 0 Å². The third-order valence-electron chi connectivity index (χ3n) is 12.2. The van der Waals surface area contributed by atoms with Gasteiger partial charge >= 0.3 is 0 Å². The Morgan fingerprint density at radius 1 is 0.552 bits per heavy atom. The van der Waals surface area contributed by atoms with E-state index in [1.807, 2.05) is 6.07 Å². The lowest BCUT2D eigenvalue weighted by Crippen LogP contribution is -2.15. The van der Waals surface area contributed by atoms with Gasteiger partial charge in [-0.25, -0.2) is 0 Å². The van der Waals surface area contributed by atoms with Crippen LogP contribution in [0.15, 0.2) is 199 Å². The molecule has 0 spiro atoms. The zero-order chi connectivity index (χ0) is 39.0. The van der Waals surface area contributed by atoms with Crippen LogP contribution < -0.4 is 4.90 Å². The van der Waals surface area contributed by atoms with Crippen molar-refractivity contribution in [3.05, 3.63) is 200 Å². The summed E-state index contributed by atoms with van der Waals surface area (Å²) < 4.78 is 6.50. The van der Waals surface area contributed by atoms with Crippen molar-refractivity contribution >= 4 is 49.8 Å². The molecule has 2 unspecified atom stereocenters. The summed E-state index contributed by atoms with van der Waals surface area (Å²) in [6, 6.07) is 66.1. The highest BCUT2D eigenvalue weighted by molar-refractivity contribution is 6.10. The Balaban J connectivity index is 1.04. The number of benzene rings is 8. The van der Waals surface area contributed by atoms with Gasteiger partial charge in [-0.3, -0.25) is 0 Å². The van der Waals surface area contributed by atoms with Crippen molar-refractivity contribution in [2.24, 2.45) is 11.8 Å². The second-order valence-electron chi connectivity index (χ2n) is 16.4. The van der Waals surface area contributed by atoms with Gasteiger partial charge in [0, 0.05) is 33.4 Å². The van der Waals surface area contributed by atoms with E-state index in [-0.39, 0.29) is 0 Å². The fourth-order valence-electron chi connectivity index (χ4n) is 9.59. The third-order valence-corrected chi connectivity index (χ3v) is 12.2. The monoisotopic (exact) mass is 749 g/mol. The molecule has 282 valence electrons. The van der Waals surface area contributed by atoms with Crippen LogP contribution in [0.2, 0.25) is 0 Å². The summed E-state index contributed by atoms with van der Waals surface area (Å²) in [7, 11) is 0. The zero-order valence-electron chi connectivity index (χ0n) is 33.1. The van der Waals surface area contributed by atoms with Crippen molar-refractivity contribution in [2.75, 3.05) is 4.90 Å². The van der Waals surface area contributed by atoms with Crippen LogP contribution in [0.4, 0.5) is 17.1 Å². The first-order valence-electron chi connectivity index (χ1n) is 20.8. The Bertz CT molecular complexity index is 2900. The largest absolute Gasteiger partial charge is 0.455 e. The molecule has 0 bridgehead atoms. The first kappa shape index (κ1) is 35.8. The van der Waals surface area contributed by atoms with Crippen molar-refractivity contribution in [1.29, 1.82) is 0 Å². The van der Waals surface area contributed by atoms with Crippen LogP contribution in [0.1, 0.15) is 38.2 Å². The molecule has 2 atom stereocenters. The van der Waals surface area contributed by atoms with Crippen molar-refractivity contribution in [1.82, 2.24) is 0 Å². The van der Waals surface area contributed by atoms with Crippen LogP contribution >= 0.6 is 0 Å². The Labute approximate surface area is 341 Å². The van der Waals surface area contributed by atoms with Crippen LogP contribution in [0.3, 0.4) is 0 Å². The SMILES string of the molecule is C=C1CC(C)CC(CCc2ccc(N(c3ccc(-c4cccc5cccc(-c6ccccc6)c45)cc3)c3cccc(-c4cccc5c4oc4ccccc45)c3)cc2)C1. The minimum Gasteiger partial charge on any atom is -0.455 e. The standard InChI is InChI=1S/C56H47NO/c1-38-34-39(2)36-41(35-38)25-24-40-26-30-46(31-27-40)57(48-17-8-16-45(37-48)51-21-11-22-53-52-18-6-7-23-54(52)58-56(51)53)47-32-28-43(29-33-47)50-20-10-15-44-14-9-19-49(55(44)50)42-12-4-3-5-13-42/h3-23,26-33,37,39,41H,1,24-25,34-36H2,2H3. The van der Waals surface area contributed by atoms with Gasteiger partial charge in [-0.1, -0.05) is 159 Å². The number of anilines is 3. The Morgan fingerprint density at radius 3 is 1.93 bits per heavy atom. The molecule has 58 heavy (non-hydrogen) atoms. The molecule has 1 aliphatic rings. The van der Waals surface area contributed by atoms with Gasteiger partial charge in [-0.05, 0) is 131 Å². The van der Waals surface area contributed by atoms with Crippen molar-refractivity contribution < 1.29 is 4.42 Å². The Morgan fingerprint density at radius 2 is 1.17 bits per heavy atom. The lowest BCUT2D eigenvalue weighted by Gasteiger charge is -2.28. The quantitative estimate of drug-likeness (QED) is 0.137. The number of nitrogens with zero attached hydrogens (tertiary/aromatic N) is 1. The van der Waals surface area contributed by atoms with Gasteiger partial charge in [0.2, 0.25) is 0 Å². The molecule has 2 heteroatoms. The number of aryl methyl sites for hydroxylation is 1. The number of hydrogen-bond acceptors (Lipinski definition) is 2. The van der Waals surface area contributed by atoms with E-state index in [9.17, 15) is 0 Å². The Hall–Kier alpha value is -6.64. The van der Waals surface area contributed by atoms with Crippen LogP contribution in [0.5, 0.6) is 0 Å². The highest BCUT2D eigenvalue weighted by Gasteiger charge is 2.22. The summed E-state index contributed by atoms with van der Waals surface area (Å²) in [6.07, 6.45) is 5.98. The second-order valence-corrected chi connectivity index (χ2v) is 16.4. The molecule has 0 radical (unpaired) electrons. The summed E-state index contributed by atoms with van der Waals surface area (Å²) in [6.45, 7) is 6.73. The molecule has 1 aromatic heterocycles. The van der Waals surface area contributed by atoms with Crippen LogP contribution in [-0.2, 0) is 6.42 Å². The Kier molecular flexibility index (Phi) is 9.47. The number of fused-ring (bicyclic) bond motifs is 4. The van der Waals surface area contributed by atoms with Gasteiger partial charge in [0.15, 0.2) is 0 Å². The van der Waals surface area contributed by atoms with E-state index in [1.165, 1.54) is 69.8 Å². The molecule has 1 fully saturated rings. The number of hydrogen-bond donors (Lipinski definition) is 0. The van der Waals surface area contributed by atoms with E-state index < -0.39 is 0 Å². The molecule has 1 aliphatic carbocycles. The van der Waals surface area contributed by atoms with Gasteiger partial charge in [0.05, 0.1) is 0 Å². The highest BCUT2D eigenvalue weighted by Crippen LogP contribution is 2.42. The smallest absolute Gasteiger partial charge is 0.143 e. The molecule has 0 amide bonds. The predicted molar refractivity (Wildman–Crippen MR) is 246 cm³/mol. The van der Waals surface area contributed by atoms with E-state index in [2.05, 4.69) is 194 Å². The average Bonchev–Trinajstić information content (AvgIpc) is 3.65. The maximum atomic E-state index is 6.50. The van der Waals surface area contributed by atoms with E-state index in [0.717, 1.165) is 68.4 Å². The maximum Gasteiger partial charge on any atom is 0.143 e. The van der Waals surface area contributed by atoms with E-state index >= 15 is 0 Å². The first-order chi connectivity index (χ1) is 28.6. The molecular weight excluding hydrogens is 703 g/mol. The summed E-state index contributed by atoms with van der Waals surface area (Å²) >= 11 is 0. The minimum absolute atomic E-state index is 0.732. The molecule has 9 aromatic rings. The topological polar surface area (TPSA) is 16.4 Å². The summed E-state index contributed by atoms with van der Waals surface area (Å²) in [5.74, 6) is 1.48. The summed E-state index contributed by atoms with van der Waals surface area (Å²) in [5, 5.41) is 4.79. The fraction of sp³-hybridized carbons (Fsp3) is 0.143. The van der Waals surface area contributed by atoms with Gasteiger partial charge in [-0.2, -0.15) is 0 Å². The number of para-hydroxylation sites is 2. The normalized spacial score (nSPS) is 15.6. The molecule has 8 aromatic carbocycles. The lowest BCUT2D eigenvalue weighted by atomic mass is 9.77. The molecule has 1 saturated carbocycles. The summed E-state index contributed by atoms with van der Waals surface area (Å²) in [4.78, 5) is 2.39. The van der Waals surface area contributed by atoms with E-state index in [0.29, 0.717) is 0 Å². The number of rotatable bonds is 9. The first-order valence-corrected chi connectivity index (χ1v) is 20.8. The van der Waals surface area contributed by atoms with Crippen molar-refractivity contribution in [2.45, 2.75) is 39.0 Å². The maximum absolute atomic E-state index is 6.50. The molecule has 2 nitrogen and oxygen atoms in total. The van der Waals surface area contributed by atoms with Crippen LogP contribution in [0.25, 0.3) is 66.1 Å². The highest BCUT2D eigenvalue weighted by atomic mass is 16.3. The molecular formula is C56H47NO. The molecule has 0 N–H and O–H groups in total. The van der Waals surface area contributed by atoms with Gasteiger partial charge in [-0.15, -0.1) is 0 Å². The third kappa shape index (κ3) is 6.90. The van der Waals surface area contributed by atoms with Crippen LogP contribution in [0, 0.1) is 11.8 Å². The molecule has 0 aliphatic heterocycles. The molecule has 1 heterocycles. The molecule has 0 saturated heterocycles. The molecule has 10 rings (SSSR count). The van der Waals surface area contributed by atoms with Crippen molar-refractivity contribution in [3.8, 4) is 33.4 Å². The number of furan rings is 1. The lowest BCUT2D eigenvalue weighted by molar-refractivity contribution is 0.321. The summed E-state index contributed by atoms with van der Waals surface area (Å²) in [5.41, 5.74) is 15.1. The minimum atomic E-state index is 0.732. The fourth-order valence-corrected chi connectivity index (χ4v) is 9.59. The average molecular weight is 750 g/mol.